The van der Waals surface area contributed by atoms with Gasteiger partial charge in [0.15, 0.2) is 5.75 Å². The van der Waals surface area contributed by atoms with Gasteiger partial charge in [0.05, 0.1) is 7.11 Å². The normalized spacial score (nSPS) is 9.95. The van der Waals surface area contributed by atoms with Gasteiger partial charge in [0.25, 0.3) is 0 Å². The molecule has 0 aromatic heterocycles. The maximum absolute atomic E-state index is 12.9. The van der Waals surface area contributed by atoms with Crippen LogP contribution >= 0.6 is 0 Å². The van der Waals surface area contributed by atoms with E-state index in [-0.39, 0.29) is 0 Å². The van der Waals surface area contributed by atoms with Crippen molar-refractivity contribution in [3.05, 3.63) is 29.1 Å². The minimum atomic E-state index is -2.35. The number of halogens is 5. The fourth-order valence-corrected chi connectivity index (χ4v) is 0.891. The second-order valence-corrected chi connectivity index (χ2v) is 3.16. The van der Waals surface area contributed by atoms with Crippen LogP contribution in [-0.2, 0) is 14.4 Å². The van der Waals surface area contributed by atoms with Crippen LogP contribution in [-0.4, -0.2) is 33.2 Å². The number of ether oxygens (including phenoxy) is 1. The third kappa shape index (κ3) is 5.46. The lowest BCUT2D eigenvalue weighted by molar-refractivity contribution is -0.207. The molecule has 0 aliphatic heterocycles. The van der Waals surface area contributed by atoms with E-state index in [0.717, 1.165) is 13.7 Å². The monoisotopic (exact) mass is 318 g/mol. The third-order valence-electron chi connectivity index (χ3n) is 1.86. The van der Waals surface area contributed by atoms with Crippen molar-refractivity contribution in [2.75, 3.05) is 20.8 Å². The Kier molecular flexibility index (Phi) is 8.86. The Balaban J connectivity index is 0.000000885. The van der Waals surface area contributed by atoms with Crippen molar-refractivity contribution in [1.82, 2.24) is 0 Å². The highest BCUT2D eigenvalue weighted by Gasteiger charge is 2.31. The molecule has 0 amide bonds. The summed E-state index contributed by atoms with van der Waals surface area (Å²) in [5, 5.41) is 8.76. The van der Waals surface area contributed by atoms with Gasteiger partial charge in [-0.05, 0) is 6.92 Å². The summed E-state index contributed by atoms with van der Waals surface area (Å²) in [4.78, 5) is 7.69. The highest BCUT2D eigenvalue weighted by atomic mass is 19.2. The van der Waals surface area contributed by atoms with Gasteiger partial charge in [-0.1, -0.05) is 0 Å². The van der Waals surface area contributed by atoms with Gasteiger partial charge in [-0.25, -0.2) is 22.9 Å². The van der Waals surface area contributed by atoms with E-state index in [2.05, 4.69) is 19.1 Å². The molecule has 5 nitrogen and oxygen atoms in total. The molecular formula is C10H12BF5O5. The van der Waals surface area contributed by atoms with Crippen LogP contribution in [0, 0.1) is 29.1 Å². The lowest BCUT2D eigenvalue weighted by atomic mass is 10.2. The second-order valence-electron chi connectivity index (χ2n) is 3.16. The molecule has 1 N–H and O–H groups in total. The lowest BCUT2D eigenvalue weighted by Crippen LogP contribution is -2.27. The highest BCUT2D eigenvalue weighted by molar-refractivity contribution is 6.35. The van der Waals surface area contributed by atoms with Crippen molar-refractivity contribution in [2.24, 2.45) is 0 Å². The molecule has 0 bridgehead atoms. The topological polar surface area (TPSA) is 57.2 Å². The minimum Gasteiger partial charge on any atom is -0.506 e. The first-order valence-electron chi connectivity index (χ1n) is 5.36. The Morgan fingerprint density at radius 2 is 1.29 bits per heavy atom. The van der Waals surface area contributed by atoms with E-state index in [9.17, 15) is 22.0 Å². The first kappa shape index (κ1) is 19.6. The number of hydrogen-bond acceptors (Lipinski definition) is 5. The molecular weight excluding hydrogens is 306 g/mol. The number of rotatable bonds is 5. The maximum Gasteiger partial charge on any atom is 0.739 e. The summed E-state index contributed by atoms with van der Waals surface area (Å²) in [6, 6.07) is 0. The van der Waals surface area contributed by atoms with Crippen LogP contribution < -0.4 is 4.65 Å². The summed E-state index contributed by atoms with van der Waals surface area (Å²) < 4.78 is 72.3. The van der Waals surface area contributed by atoms with Crippen molar-refractivity contribution >= 4 is 7.32 Å². The lowest BCUT2D eigenvalue weighted by Gasteiger charge is -2.11. The molecule has 0 spiro atoms. The molecule has 0 unspecified atom stereocenters. The van der Waals surface area contributed by atoms with Crippen LogP contribution in [0.25, 0.3) is 0 Å². The molecule has 0 aliphatic carbocycles. The first-order chi connectivity index (χ1) is 9.81. The summed E-state index contributed by atoms with van der Waals surface area (Å²) in [6.07, 6.45) is 0. The van der Waals surface area contributed by atoms with Gasteiger partial charge in [0.1, 0.15) is 0 Å². The minimum absolute atomic E-state index is 0.819. The SMILES string of the molecule is CCOC.COOB(O)Oc1c(F)c(F)c(F)c(F)c1F. The van der Waals surface area contributed by atoms with E-state index in [0.29, 0.717) is 0 Å². The van der Waals surface area contributed by atoms with Gasteiger partial charge in [-0.3, -0.25) is 0 Å². The van der Waals surface area contributed by atoms with Crippen LogP contribution in [0.3, 0.4) is 0 Å². The van der Waals surface area contributed by atoms with E-state index in [1.807, 2.05) is 6.92 Å². The Bertz CT molecular complexity index is 431. The summed E-state index contributed by atoms with van der Waals surface area (Å²) in [5.41, 5.74) is 0. The average Bonchev–Trinajstić information content (AvgIpc) is 2.48. The van der Waals surface area contributed by atoms with Crippen LogP contribution in [0.2, 0.25) is 0 Å². The quantitative estimate of drug-likeness (QED) is 0.225. The Labute approximate surface area is 117 Å². The Morgan fingerprint density at radius 1 is 0.905 bits per heavy atom. The number of benzene rings is 1. The molecule has 0 atom stereocenters. The Hall–Kier alpha value is -1.43. The van der Waals surface area contributed by atoms with Crippen LogP contribution in [0.15, 0.2) is 0 Å². The van der Waals surface area contributed by atoms with E-state index in [1.54, 1.807) is 7.11 Å². The van der Waals surface area contributed by atoms with Gasteiger partial charge in [-0.2, -0.15) is 8.78 Å². The molecule has 11 heteroatoms. The van der Waals surface area contributed by atoms with Gasteiger partial charge in [0, 0.05) is 13.7 Å². The van der Waals surface area contributed by atoms with Gasteiger partial charge in [0.2, 0.25) is 29.1 Å². The van der Waals surface area contributed by atoms with Crippen molar-refractivity contribution in [3.63, 3.8) is 0 Å². The van der Waals surface area contributed by atoms with E-state index in [4.69, 9.17) is 5.02 Å². The molecule has 0 fully saturated rings. The molecule has 0 heterocycles. The smallest absolute Gasteiger partial charge is 0.506 e. The van der Waals surface area contributed by atoms with Gasteiger partial charge >= 0.3 is 7.32 Å². The van der Waals surface area contributed by atoms with Crippen LogP contribution in [0.4, 0.5) is 22.0 Å². The molecule has 1 rings (SSSR count). The van der Waals surface area contributed by atoms with Crippen molar-refractivity contribution in [3.8, 4) is 5.75 Å². The molecule has 21 heavy (non-hydrogen) atoms. The predicted molar refractivity (Wildman–Crippen MR) is 60.5 cm³/mol. The summed E-state index contributed by atoms with van der Waals surface area (Å²) >= 11 is 0. The standard InChI is InChI=1S/C7H4BF5O4.C3H8O/c1-15-17-8(14)16-7-5(12)3(10)2(9)4(11)6(7)13;1-3-4-2/h14H,1H3;3H2,1-2H3. The molecule has 0 saturated heterocycles. The molecule has 0 radical (unpaired) electrons. The third-order valence-corrected chi connectivity index (χ3v) is 1.86. The summed E-state index contributed by atoms with van der Waals surface area (Å²) in [5.74, 6) is -12.9. The van der Waals surface area contributed by atoms with Crippen molar-refractivity contribution in [2.45, 2.75) is 6.92 Å². The number of hydrogen-bond donors (Lipinski definition) is 1. The Morgan fingerprint density at radius 3 is 1.62 bits per heavy atom. The molecule has 1 aromatic rings. The zero-order chi connectivity index (χ0) is 16.6. The van der Waals surface area contributed by atoms with Crippen LogP contribution in [0.5, 0.6) is 5.75 Å². The number of methoxy groups -OCH3 is 1. The van der Waals surface area contributed by atoms with Crippen molar-refractivity contribution < 1.29 is 46.1 Å². The molecule has 1 aromatic carbocycles. The predicted octanol–water partition coefficient (Wildman–Crippen LogP) is 1.97. The molecule has 0 aliphatic rings. The van der Waals surface area contributed by atoms with Crippen LogP contribution in [0.1, 0.15) is 6.92 Å². The van der Waals surface area contributed by atoms with Gasteiger partial charge in [-0.15, -0.1) is 0 Å². The van der Waals surface area contributed by atoms with Crippen molar-refractivity contribution in [1.29, 1.82) is 0 Å². The highest BCUT2D eigenvalue weighted by Crippen LogP contribution is 2.29. The first-order valence-corrected chi connectivity index (χ1v) is 5.36. The summed E-state index contributed by atoms with van der Waals surface area (Å²) in [7, 11) is 0.249. The molecule has 0 saturated carbocycles. The zero-order valence-electron chi connectivity index (χ0n) is 11.3. The maximum atomic E-state index is 12.9. The fraction of sp³-hybridized carbons (Fsp3) is 0.400. The van der Waals surface area contributed by atoms with Gasteiger partial charge < -0.3 is 14.4 Å². The fourth-order valence-electron chi connectivity index (χ4n) is 0.891. The molecule has 120 valence electrons. The van der Waals surface area contributed by atoms with E-state index in [1.165, 1.54) is 0 Å². The zero-order valence-corrected chi connectivity index (χ0v) is 11.3. The second kappa shape index (κ2) is 9.50. The van der Waals surface area contributed by atoms with E-state index >= 15 is 0 Å². The largest absolute Gasteiger partial charge is 0.739 e. The average molecular weight is 318 g/mol. The van der Waals surface area contributed by atoms with E-state index < -0.39 is 42.2 Å². The summed E-state index contributed by atoms with van der Waals surface area (Å²) in [6.45, 7) is 2.78.